The molecule has 1 aromatic rings. The summed E-state index contributed by atoms with van der Waals surface area (Å²) in [5.74, 6) is 0. The molecule has 0 saturated carbocycles. The number of halogens is 1. The van der Waals surface area contributed by atoms with Crippen LogP contribution >= 0.6 is 15.9 Å². The number of nitrogens with one attached hydrogen (secondary N) is 1. The van der Waals surface area contributed by atoms with Crippen molar-refractivity contribution in [1.29, 1.82) is 0 Å². The molecule has 2 rings (SSSR count). The van der Waals surface area contributed by atoms with E-state index in [0.29, 0.717) is 12.1 Å². The van der Waals surface area contributed by atoms with E-state index in [-0.39, 0.29) is 0 Å². The molecule has 1 heterocycles. The van der Waals surface area contributed by atoms with Gasteiger partial charge in [0.2, 0.25) is 0 Å². The van der Waals surface area contributed by atoms with Crippen LogP contribution in [-0.4, -0.2) is 31.1 Å². The molecule has 82 valence electrons. The quantitative estimate of drug-likeness (QED) is 0.842. The second kappa shape index (κ2) is 4.64. The molecule has 0 spiro atoms. The fraction of sp³-hybridized carbons (Fsp3) is 0.500. The van der Waals surface area contributed by atoms with Crippen molar-refractivity contribution in [2.75, 3.05) is 20.1 Å². The summed E-state index contributed by atoms with van der Waals surface area (Å²) in [5, 5.41) is 3.47. The molecule has 0 bridgehead atoms. The zero-order valence-electron chi connectivity index (χ0n) is 9.20. The lowest BCUT2D eigenvalue weighted by Gasteiger charge is -2.38. The number of nitrogens with zero attached hydrogens (tertiary/aromatic N) is 1. The maximum absolute atomic E-state index is 3.47. The average molecular weight is 269 g/mol. The Morgan fingerprint density at radius 2 is 1.93 bits per heavy atom. The normalized spacial score (nSPS) is 27.9. The molecule has 2 atom stereocenters. The van der Waals surface area contributed by atoms with Crippen LogP contribution in [0, 0.1) is 0 Å². The molecule has 1 aliphatic heterocycles. The first-order valence-electron chi connectivity index (χ1n) is 5.36. The third-order valence-corrected chi connectivity index (χ3v) is 3.75. The van der Waals surface area contributed by atoms with Gasteiger partial charge in [-0.2, -0.15) is 0 Å². The molecular formula is C12H17BrN2. The fourth-order valence-electron chi connectivity index (χ4n) is 2.06. The Morgan fingerprint density at radius 1 is 1.27 bits per heavy atom. The lowest BCUT2D eigenvalue weighted by molar-refractivity contribution is 0.141. The summed E-state index contributed by atoms with van der Waals surface area (Å²) in [6.07, 6.45) is 0. The van der Waals surface area contributed by atoms with Gasteiger partial charge in [0.25, 0.3) is 0 Å². The lowest BCUT2D eigenvalue weighted by Crippen LogP contribution is -2.49. The van der Waals surface area contributed by atoms with Crippen molar-refractivity contribution in [2.45, 2.75) is 19.0 Å². The third kappa shape index (κ3) is 2.41. The molecule has 0 aromatic heterocycles. The summed E-state index contributed by atoms with van der Waals surface area (Å²) in [6.45, 7) is 4.39. The highest BCUT2D eigenvalue weighted by Gasteiger charge is 2.25. The second-order valence-corrected chi connectivity index (χ2v) is 5.16. The van der Waals surface area contributed by atoms with Crippen LogP contribution in [0.25, 0.3) is 0 Å². The minimum absolute atomic E-state index is 0.502. The first-order chi connectivity index (χ1) is 7.18. The van der Waals surface area contributed by atoms with E-state index in [0.717, 1.165) is 17.6 Å². The highest BCUT2D eigenvalue weighted by molar-refractivity contribution is 9.10. The fourth-order valence-corrected chi connectivity index (χ4v) is 2.33. The van der Waals surface area contributed by atoms with E-state index in [1.807, 2.05) is 0 Å². The number of likely N-dealkylation sites (N-methyl/N-ethyl adjacent to an activating group) is 1. The van der Waals surface area contributed by atoms with Gasteiger partial charge in [-0.1, -0.05) is 28.1 Å². The molecule has 1 fully saturated rings. The molecular weight excluding hydrogens is 252 g/mol. The van der Waals surface area contributed by atoms with Crippen molar-refractivity contribution < 1.29 is 0 Å². The van der Waals surface area contributed by atoms with Crippen molar-refractivity contribution >= 4 is 15.9 Å². The monoisotopic (exact) mass is 268 g/mol. The molecule has 1 saturated heterocycles. The van der Waals surface area contributed by atoms with Gasteiger partial charge in [0.05, 0.1) is 0 Å². The Labute approximate surface area is 99.8 Å². The average Bonchev–Trinajstić information content (AvgIpc) is 2.24. The van der Waals surface area contributed by atoms with E-state index in [9.17, 15) is 0 Å². The van der Waals surface area contributed by atoms with Gasteiger partial charge in [-0.3, -0.25) is 4.90 Å². The third-order valence-electron chi connectivity index (χ3n) is 3.22. The summed E-state index contributed by atoms with van der Waals surface area (Å²) in [6, 6.07) is 9.73. The van der Waals surface area contributed by atoms with Crippen LogP contribution in [0.15, 0.2) is 28.7 Å². The van der Waals surface area contributed by atoms with E-state index < -0.39 is 0 Å². The Balaban J connectivity index is 2.18. The first-order valence-corrected chi connectivity index (χ1v) is 6.16. The lowest BCUT2D eigenvalue weighted by atomic mass is 10.0. The van der Waals surface area contributed by atoms with Crippen LogP contribution in [0.1, 0.15) is 18.5 Å². The van der Waals surface area contributed by atoms with E-state index in [4.69, 9.17) is 0 Å². The molecule has 1 N–H and O–H groups in total. The summed E-state index contributed by atoms with van der Waals surface area (Å²) < 4.78 is 1.14. The van der Waals surface area contributed by atoms with E-state index in [2.05, 4.69) is 64.4 Å². The number of hydrogen-bond donors (Lipinski definition) is 1. The SMILES string of the molecule is CC1CNCC(c2ccc(Br)cc2)N1C. The van der Waals surface area contributed by atoms with E-state index in [1.165, 1.54) is 5.56 Å². The van der Waals surface area contributed by atoms with Crippen LogP contribution in [0.5, 0.6) is 0 Å². The van der Waals surface area contributed by atoms with Crippen LogP contribution in [0.2, 0.25) is 0 Å². The zero-order valence-corrected chi connectivity index (χ0v) is 10.8. The second-order valence-electron chi connectivity index (χ2n) is 4.24. The Kier molecular flexibility index (Phi) is 3.44. The van der Waals surface area contributed by atoms with Gasteiger partial charge in [0.15, 0.2) is 0 Å². The molecule has 0 radical (unpaired) electrons. The Hall–Kier alpha value is -0.380. The number of benzene rings is 1. The van der Waals surface area contributed by atoms with Gasteiger partial charge in [-0.25, -0.2) is 0 Å². The van der Waals surface area contributed by atoms with Gasteiger partial charge in [0, 0.05) is 29.6 Å². The zero-order chi connectivity index (χ0) is 10.8. The van der Waals surface area contributed by atoms with E-state index >= 15 is 0 Å². The van der Waals surface area contributed by atoms with Crippen molar-refractivity contribution in [3.63, 3.8) is 0 Å². The van der Waals surface area contributed by atoms with Gasteiger partial charge in [-0.15, -0.1) is 0 Å². The van der Waals surface area contributed by atoms with Crippen molar-refractivity contribution in [3.8, 4) is 0 Å². The first kappa shape index (κ1) is 11.1. The van der Waals surface area contributed by atoms with Crippen LogP contribution < -0.4 is 5.32 Å². The topological polar surface area (TPSA) is 15.3 Å². The standard InChI is InChI=1S/C12H17BrN2/c1-9-7-14-8-12(15(9)2)10-3-5-11(13)6-4-10/h3-6,9,12,14H,7-8H2,1-2H3. The highest BCUT2D eigenvalue weighted by Crippen LogP contribution is 2.24. The maximum Gasteiger partial charge on any atom is 0.0473 e. The smallest absolute Gasteiger partial charge is 0.0473 e. The van der Waals surface area contributed by atoms with Gasteiger partial charge >= 0.3 is 0 Å². The molecule has 2 unspecified atom stereocenters. The molecule has 1 aliphatic rings. The highest BCUT2D eigenvalue weighted by atomic mass is 79.9. The van der Waals surface area contributed by atoms with Gasteiger partial charge in [-0.05, 0) is 31.7 Å². The number of piperazine rings is 1. The van der Waals surface area contributed by atoms with Crippen molar-refractivity contribution in [3.05, 3.63) is 34.3 Å². The molecule has 0 amide bonds. The Morgan fingerprint density at radius 3 is 2.60 bits per heavy atom. The number of rotatable bonds is 1. The summed E-state index contributed by atoms with van der Waals surface area (Å²) in [4.78, 5) is 2.44. The van der Waals surface area contributed by atoms with Crippen molar-refractivity contribution in [2.24, 2.45) is 0 Å². The molecule has 15 heavy (non-hydrogen) atoms. The summed E-state index contributed by atoms with van der Waals surface area (Å²) >= 11 is 3.47. The minimum Gasteiger partial charge on any atom is -0.313 e. The largest absolute Gasteiger partial charge is 0.313 e. The predicted octanol–water partition coefficient (Wildman–Crippen LogP) is 2.41. The van der Waals surface area contributed by atoms with Crippen LogP contribution in [0.4, 0.5) is 0 Å². The predicted molar refractivity (Wildman–Crippen MR) is 67.0 cm³/mol. The van der Waals surface area contributed by atoms with Gasteiger partial charge < -0.3 is 5.32 Å². The van der Waals surface area contributed by atoms with Crippen molar-refractivity contribution in [1.82, 2.24) is 10.2 Å². The molecule has 1 aromatic carbocycles. The van der Waals surface area contributed by atoms with Crippen LogP contribution in [-0.2, 0) is 0 Å². The molecule has 3 heteroatoms. The maximum atomic E-state index is 3.47. The molecule has 0 aliphatic carbocycles. The summed E-state index contributed by atoms with van der Waals surface area (Å²) in [7, 11) is 2.21. The van der Waals surface area contributed by atoms with E-state index in [1.54, 1.807) is 0 Å². The Bertz CT molecular complexity index is 323. The van der Waals surface area contributed by atoms with Crippen LogP contribution in [0.3, 0.4) is 0 Å². The van der Waals surface area contributed by atoms with Gasteiger partial charge in [0.1, 0.15) is 0 Å². The molecule has 2 nitrogen and oxygen atoms in total. The summed E-state index contributed by atoms with van der Waals surface area (Å²) in [5.41, 5.74) is 1.39. The number of hydrogen-bond acceptors (Lipinski definition) is 2. The minimum atomic E-state index is 0.502.